The summed E-state index contributed by atoms with van der Waals surface area (Å²) in [6, 6.07) is 2.33. The minimum absolute atomic E-state index is 0.517. The molecule has 4 heteroatoms. The van der Waals surface area contributed by atoms with Crippen LogP contribution in [0.1, 0.15) is 0 Å². The third-order valence-electron chi connectivity index (χ3n) is 0.814. The Morgan fingerprint density at radius 1 is 1.00 bits per heavy atom. The summed E-state index contributed by atoms with van der Waals surface area (Å²) >= 11 is 11.6. The van der Waals surface area contributed by atoms with E-state index < -0.39 is 16.2 Å². The molecule has 0 aliphatic heterocycles. The van der Waals surface area contributed by atoms with Gasteiger partial charge in [-0.05, 0) is 12.1 Å². The maximum atomic E-state index is 5.78. The quantitative estimate of drug-likeness (QED) is 0.468. The van der Waals surface area contributed by atoms with Crippen LogP contribution in [0.25, 0.3) is 0 Å². The fraction of sp³-hybridized carbons (Fsp3) is 1.00. The molecule has 0 fully saturated rings. The van der Waals surface area contributed by atoms with Crippen molar-refractivity contribution in [2.75, 3.05) is 0 Å². The van der Waals surface area contributed by atoms with Crippen LogP contribution in [-0.4, -0.2) is 16.2 Å². The van der Waals surface area contributed by atoms with Crippen molar-refractivity contribution in [1.29, 1.82) is 0 Å². The minimum Gasteiger partial charge on any atom is -0.169 e. The molecule has 0 atom stereocenters. The molecule has 0 heterocycles. The molecular weight excluding hydrogens is 175 g/mol. The van der Waals surface area contributed by atoms with Gasteiger partial charge in [0.25, 0.3) is 0 Å². The Hall–Kier alpha value is 1.01. The summed E-state index contributed by atoms with van der Waals surface area (Å²) < 4.78 is 0. The lowest BCUT2D eigenvalue weighted by atomic mass is 10.9. The highest BCUT2D eigenvalue weighted by molar-refractivity contribution is 7.09. The smallest absolute Gasteiger partial charge is 0.161 e. The lowest BCUT2D eigenvalue weighted by Crippen LogP contribution is -2.01. The zero-order chi connectivity index (χ0) is 6.57. The van der Waals surface area contributed by atoms with E-state index in [4.69, 9.17) is 22.2 Å². The van der Waals surface area contributed by atoms with Gasteiger partial charge in [0.15, 0.2) is 16.2 Å². The highest BCUT2D eigenvalue weighted by Gasteiger charge is 2.03. The minimum atomic E-state index is -0.517. The summed E-state index contributed by atoms with van der Waals surface area (Å²) in [7, 11) is -1.03. The van der Waals surface area contributed by atoms with Gasteiger partial charge < -0.3 is 0 Å². The first kappa shape index (κ1) is 9.01. The first-order valence-electron chi connectivity index (χ1n) is 2.59. The van der Waals surface area contributed by atoms with Crippen molar-refractivity contribution < 1.29 is 0 Å². The fourth-order valence-electron chi connectivity index (χ4n) is 0.344. The molecule has 0 bridgehead atoms. The summed E-state index contributed by atoms with van der Waals surface area (Å²) in [6.45, 7) is 4.21. The van der Waals surface area contributed by atoms with Crippen LogP contribution in [0, 0.1) is 0 Å². The van der Waals surface area contributed by atoms with E-state index in [2.05, 4.69) is 13.1 Å². The van der Waals surface area contributed by atoms with E-state index in [-0.39, 0.29) is 0 Å². The van der Waals surface area contributed by atoms with Gasteiger partial charge in [-0.15, -0.1) is 0 Å². The summed E-state index contributed by atoms with van der Waals surface area (Å²) in [5, 5.41) is 0. The van der Waals surface area contributed by atoms with Crippen molar-refractivity contribution in [1.82, 2.24) is 0 Å². The van der Waals surface area contributed by atoms with Gasteiger partial charge in [-0.25, -0.2) is 0 Å². The van der Waals surface area contributed by atoms with E-state index in [0.29, 0.717) is 0 Å². The molecule has 0 saturated heterocycles. The monoisotopic (exact) mass is 184 g/mol. The summed E-state index contributed by atoms with van der Waals surface area (Å²) in [5.74, 6) is 0. The van der Waals surface area contributed by atoms with Crippen molar-refractivity contribution in [2.24, 2.45) is 0 Å². The van der Waals surface area contributed by atoms with Crippen LogP contribution < -0.4 is 0 Å². The molecule has 0 aromatic heterocycles. The Labute approximate surface area is 63.8 Å². The zero-order valence-electron chi connectivity index (χ0n) is 5.17. The van der Waals surface area contributed by atoms with Gasteiger partial charge in [0, 0.05) is 0 Å². The second kappa shape index (κ2) is 4.85. The van der Waals surface area contributed by atoms with Crippen molar-refractivity contribution in [3.63, 3.8) is 0 Å². The van der Waals surface area contributed by atoms with E-state index in [1.165, 1.54) is 12.1 Å². The van der Waals surface area contributed by atoms with Gasteiger partial charge in [-0.3, -0.25) is 0 Å². The fourth-order valence-corrected chi connectivity index (χ4v) is 4.80. The molecule has 48 valence electrons. The van der Waals surface area contributed by atoms with Gasteiger partial charge in [-0.2, -0.15) is 22.2 Å². The molecule has 0 amide bonds. The molecule has 0 aromatic rings. The standard InChI is InChI=1S/C4H10Cl2Si2/c1-7(5)3-4-8(2)6/h3-4H2,1-2H3. The SMILES string of the molecule is C[Si](Cl)CC[Si](C)Cl. The van der Waals surface area contributed by atoms with Crippen LogP contribution in [0.15, 0.2) is 0 Å². The highest BCUT2D eigenvalue weighted by atomic mass is 35.6. The van der Waals surface area contributed by atoms with Gasteiger partial charge in [0.2, 0.25) is 0 Å². The average molecular weight is 185 g/mol. The molecule has 0 saturated carbocycles. The number of hydrogen-bond acceptors (Lipinski definition) is 0. The van der Waals surface area contributed by atoms with Crippen molar-refractivity contribution in [2.45, 2.75) is 25.2 Å². The van der Waals surface area contributed by atoms with Crippen molar-refractivity contribution >= 4 is 38.4 Å². The first-order valence-corrected chi connectivity index (χ1v) is 9.02. The summed E-state index contributed by atoms with van der Waals surface area (Å²) in [6.07, 6.45) is 0. The van der Waals surface area contributed by atoms with Crippen LogP contribution in [-0.2, 0) is 0 Å². The summed E-state index contributed by atoms with van der Waals surface area (Å²) in [4.78, 5) is 0. The molecule has 0 aliphatic rings. The first-order chi connectivity index (χ1) is 3.63. The van der Waals surface area contributed by atoms with E-state index in [9.17, 15) is 0 Å². The van der Waals surface area contributed by atoms with Gasteiger partial charge in [0.05, 0.1) is 0 Å². The largest absolute Gasteiger partial charge is 0.169 e. The lowest BCUT2D eigenvalue weighted by Gasteiger charge is -1.98. The number of rotatable bonds is 3. The lowest BCUT2D eigenvalue weighted by molar-refractivity contribution is 1.40. The number of hydrogen-bond donors (Lipinski definition) is 0. The normalized spacial score (nSPS) is 11.2. The topological polar surface area (TPSA) is 0 Å². The molecule has 0 aliphatic carbocycles. The Morgan fingerprint density at radius 2 is 1.25 bits per heavy atom. The van der Waals surface area contributed by atoms with E-state index in [1.54, 1.807) is 0 Å². The van der Waals surface area contributed by atoms with Crippen LogP contribution in [0.5, 0.6) is 0 Å². The third-order valence-corrected chi connectivity index (χ3v) is 4.33. The Balaban J connectivity index is 2.93. The molecule has 2 radical (unpaired) electrons. The van der Waals surface area contributed by atoms with Crippen LogP contribution in [0.4, 0.5) is 0 Å². The second-order valence-corrected chi connectivity index (χ2v) is 9.43. The number of halogens is 2. The Morgan fingerprint density at radius 3 is 1.38 bits per heavy atom. The van der Waals surface area contributed by atoms with E-state index in [1.807, 2.05) is 0 Å². The van der Waals surface area contributed by atoms with E-state index in [0.717, 1.165) is 0 Å². The molecule has 0 nitrogen and oxygen atoms in total. The third kappa shape index (κ3) is 7.01. The van der Waals surface area contributed by atoms with Crippen molar-refractivity contribution in [3.8, 4) is 0 Å². The molecule has 0 unspecified atom stereocenters. The average Bonchev–Trinajstić information content (AvgIpc) is 1.61. The van der Waals surface area contributed by atoms with Gasteiger partial charge >= 0.3 is 0 Å². The highest BCUT2D eigenvalue weighted by Crippen LogP contribution is 2.07. The predicted octanol–water partition coefficient (Wildman–Crippen LogP) is 2.71. The van der Waals surface area contributed by atoms with Crippen LogP contribution >= 0.6 is 22.2 Å². The van der Waals surface area contributed by atoms with E-state index >= 15 is 0 Å². The van der Waals surface area contributed by atoms with Crippen LogP contribution in [0.3, 0.4) is 0 Å². The Kier molecular flexibility index (Phi) is 5.47. The van der Waals surface area contributed by atoms with Crippen molar-refractivity contribution in [3.05, 3.63) is 0 Å². The maximum Gasteiger partial charge on any atom is 0.161 e. The zero-order valence-corrected chi connectivity index (χ0v) is 8.68. The van der Waals surface area contributed by atoms with Crippen LogP contribution in [0.2, 0.25) is 25.2 Å². The summed E-state index contributed by atoms with van der Waals surface area (Å²) in [5.41, 5.74) is 0. The van der Waals surface area contributed by atoms with Gasteiger partial charge in [-0.1, -0.05) is 13.1 Å². The maximum absolute atomic E-state index is 5.78. The molecule has 0 rings (SSSR count). The molecular formula is C4H10Cl2Si2. The predicted molar refractivity (Wildman–Crippen MR) is 44.6 cm³/mol. The molecule has 0 spiro atoms. The second-order valence-electron chi connectivity index (χ2n) is 1.85. The van der Waals surface area contributed by atoms with Gasteiger partial charge in [0.1, 0.15) is 0 Å². The molecule has 0 N–H and O–H groups in total. The molecule has 0 aromatic carbocycles. The Bertz CT molecular complexity index is 48.0. The molecule has 8 heavy (non-hydrogen) atoms.